The molecule has 0 aromatic carbocycles. The van der Waals surface area contributed by atoms with E-state index < -0.39 is 0 Å². The fourth-order valence-corrected chi connectivity index (χ4v) is 2.62. The van der Waals surface area contributed by atoms with Crippen LogP contribution in [0.5, 0.6) is 0 Å². The molecule has 0 aliphatic carbocycles. The van der Waals surface area contributed by atoms with Crippen molar-refractivity contribution in [1.29, 1.82) is 0 Å². The molecule has 2 unspecified atom stereocenters. The van der Waals surface area contributed by atoms with Crippen LogP contribution in [0, 0.1) is 0 Å². The molecule has 0 aromatic heterocycles. The van der Waals surface area contributed by atoms with Gasteiger partial charge in [0.25, 0.3) is 0 Å². The molecule has 0 bridgehead atoms. The molecule has 2 atom stereocenters. The van der Waals surface area contributed by atoms with Gasteiger partial charge >= 0.3 is 0 Å². The van der Waals surface area contributed by atoms with E-state index in [1.807, 2.05) is 0 Å². The number of hydrogen-bond acceptors (Lipinski definition) is 2. The Kier molecular flexibility index (Phi) is 4.90. The standard InChI is InChI=1S/C12H26N2/c1-5-11-9-14(8-4)12(6-2)10-13(11)7-3/h11-12H,5-10H2,1-4H3. The molecule has 1 rings (SSSR count). The summed E-state index contributed by atoms with van der Waals surface area (Å²) < 4.78 is 0. The number of piperazine rings is 1. The van der Waals surface area contributed by atoms with Crippen LogP contribution in [0.4, 0.5) is 0 Å². The smallest absolute Gasteiger partial charge is 0.0221 e. The van der Waals surface area contributed by atoms with Gasteiger partial charge in [-0.2, -0.15) is 0 Å². The summed E-state index contributed by atoms with van der Waals surface area (Å²) >= 11 is 0. The fourth-order valence-electron chi connectivity index (χ4n) is 2.62. The first-order valence-corrected chi connectivity index (χ1v) is 6.24. The first-order valence-electron chi connectivity index (χ1n) is 6.24. The monoisotopic (exact) mass is 198 g/mol. The maximum Gasteiger partial charge on any atom is 0.0221 e. The molecule has 0 N–H and O–H groups in total. The van der Waals surface area contributed by atoms with Crippen LogP contribution in [-0.2, 0) is 0 Å². The molecule has 1 aliphatic heterocycles. The van der Waals surface area contributed by atoms with Crippen LogP contribution in [0.2, 0.25) is 0 Å². The first-order chi connectivity index (χ1) is 6.76. The van der Waals surface area contributed by atoms with Gasteiger partial charge in [0.15, 0.2) is 0 Å². The average Bonchev–Trinajstić information content (AvgIpc) is 2.26. The normalized spacial score (nSPS) is 30.9. The Hall–Kier alpha value is -0.0800. The molecule has 1 aliphatic rings. The highest BCUT2D eigenvalue weighted by molar-refractivity contribution is 4.86. The number of nitrogens with zero attached hydrogens (tertiary/aromatic N) is 2. The third-order valence-electron chi connectivity index (χ3n) is 3.68. The second kappa shape index (κ2) is 5.72. The third kappa shape index (κ3) is 2.48. The lowest BCUT2D eigenvalue weighted by Gasteiger charge is -2.45. The molecular weight excluding hydrogens is 172 g/mol. The molecule has 0 saturated carbocycles. The highest BCUT2D eigenvalue weighted by Crippen LogP contribution is 2.18. The fraction of sp³-hybridized carbons (Fsp3) is 1.00. The van der Waals surface area contributed by atoms with Gasteiger partial charge in [-0.1, -0.05) is 27.7 Å². The summed E-state index contributed by atoms with van der Waals surface area (Å²) in [7, 11) is 0. The molecule has 0 amide bonds. The van der Waals surface area contributed by atoms with Crippen LogP contribution >= 0.6 is 0 Å². The summed E-state index contributed by atoms with van der Waals surface area (Å²) in [6.45, 7) is 14.2. The lowest BCUT2D eigenvalue weighted by Crippen LogP contribution is -2.57. The van der Waals surface area contributed by atoms with Crippen molar-refractivity contribution in [2.45, 2.75) is 52.6 Å². The predicted molar refractivity (Wildman–Crippen MR) is 62.7 cm³/mol. The van der Waals surface area contributed by atoms with Gasteiger partial charge in [0.05, 0.1) is 0 Å². The zero-order valence-electron chi connectivity index (χ0n) is 10.3. The van der Waals surface area contributed by atoms with Crippen LogP contribution in [-0.4, -0.2) is 48.1 Å². The van der Waals surface area contributed by atoms with Crippen molar-refractivity contribution < 1.29 is 0 Å². The van der Waals surface area contributed by atoms with Gasteiger partial charge in [0.2, 0.25) is 0 Å². The molecule has 0 spiro atoms. The summed E-state index contributed by atoms with van der Waals surface area (Å²) in [5.74, 6) is 0. The highest BCUT2D eigenvalue weighted by Gasteiger charge is 2.29. The second-order valence-corrected chi connectivity index (χ2v) is 4.30. The molecule has 1 fully saturated rings. The van der Waals surface area contributed by atoms with Gasteiger partial charge in [0.1, 0.15) is 0 Å². The van der Waals surface area contributed by atoms with Crippen LogP contribution in [0.1, 0.15) is 40.5 Å². The molecule has 84 valence electrons. The van der Waals surface area contributed by atoms with Crippen molar-refractivity contribution in [3.63, 3.8) is 0 Å². The van der Waals surface area contributed by atoms with Crippen molar-refractivity contribution in [2.24, 2.45) is 0 Å². The topological polar surface area (TPSA) is 6.48 Å². The molecule has 0 radical (unpaired) electrons. The van der Waals surface area contributed by atoms with Crippen molar-refractivity contribution >= 4 is 0 Å². The van der Waals surface area contributed by atoms with E-state index in [1.54, 1.807) is 0 Å². The number of rotatable bonds is 4. The Bertz CT molecular complexity index is 124. The van der Waals surface area contributed by atoms with E-state index in [4.69, 9.17) is 0 Å². The second-order valence-electron chi connectivity index (χ2n) is 4.30. The van der Waals surface area contributed by atoms with Crippen molar-refractivity contribution in [3.8, 4) is 0 Å². The number of likely N-dealkylation sites (N-methyl/N-ethyl adjacent to an activating group) is 2. The zero-order chi connectivity index (χ0) is 10.6. The molecule has 2 heteroatoms. The van der Waals surface area contributed by atoms with E-state index in [1.165, 1.54) is 39.0 Å². The van der Waals surface area contributed by atoms with Crippen LogP contribution < -0.4 is 0 Å². The van der Waals surface area contributed by atoms with Gasteiger partial charge in [-0.25, -0.2) is 0 Å². The SMILES string of the molecule is CCC1CN(CC)C(CC)CN1CC. The van der Waals surface area contributed by atoms with Crippen molar-refractivity contribution in [1.82, 2.24) is 9.80 Å². The quantitative estimate of drug-likeness (QED) is 0.683. The Morgan fingerprint density at radius 1 is 0.786 bits per heavy atom. The van der Waals surface area contributed by atoms with Crippen LogP contribution in [0.25, 0.3) is 0 Å². The van der Waals surface area contributed by atoms with E-state index in [-0.39, 0.29) is 0 Å². The Labute approximate surface area is 89.3 Å². The van der Waals surface area contributed by atoms with E-state index in [0.29, 0.717) is 0 Å². The first kappa shape index (κ1) is 12.0. The number of hydrogen-bond donors (Lipinski definition) is 0. The highest BCUT2D eigenvalue weighted by atomic mass is 15.3. The minimum atomic E-state index is 0.794. The lowest BCUT2D eigenvalue weighted by molar-refractivity contribution is 0.0314. The third-order valence-corrected chi connectivity index (χ3v) is 3.68. The minimum absolute atomic E-state index is 0.794. The van der Waals surface area contributed by atoms with Gasteiger partial charge in [-0.05, 0) is 25.9 Å². The summed E-state index contributed by atoms with van der Waals surface area (Å²) in [4.78, 5) is 5.31. The molecule has 1 heterocycles. The van der Waals surface area contributed by atoms with Gasteiger partial charge in [-0.15, -0.1) is 0 Å². The van der Waals surface area contributed by atoms with Gasteiger partial charge < -0.3 is 0 Å². The van der Waals surface area contributed by atoms with Crippen molar-refractivity contribution in [2.75, 3.05) is 26.2 Å². The Morgan fingerprint density at radius 3 is 1.36 bits per heavy atom. The van der Waals surface area contributed by atoms with E-state index >= 15 is 0 Å². The van der Waals surface area contributed by atoms with Crippen LogP contribution in [0.15, 0.2) is 0 Å². The minimum Gasteiger partial charge on any atom is -0.298 e. The molecular formula is C12H26N2. The maximum absolute atomic E-state index is 2.65. The molecule has 2 nitrogen and oxygen atoms in total. The summed E-state index contributed by atoms with van der Waals surface area (Å²) in [5.41, 5.74) is 0. The molecule has 0 aromatic rings. The summed E-state index contributed by atoms with van der Waals surface area (Å²) in [6.07, 6.45) is 2.58. The van der Waals surface area contributed by atoms with Crippen LogP contribution in [0.3, 0.4) is 0 Å². The Morgan fingerprint density at radius 2 is 1.14 bits per heavy atom. The predicted octanol–water partition coefficient (Wildman–Crippen LogP) is 2.20. The van der Waals surface area contributed by atoms with E-state index in [2.05, 4.69) is 37.5 Å². The zero-order valence-corrected chi connectivity index (χ0v) is 10.3. The van der Waals surface area contributed by atoms with E-state index in [0.717, 1.165) is 12.1 Å². The summed E-state index contributed by atoms with van der Waals surface area (Å²) in [5, 5.41) is 0. The average molecular weight is 198 g/mol. The largest absolute Gasteiger partial charge is 0.298 e. The lowest BCUT2D eigenvalue weighted by atomic mass is 10.0. The van der Waals surface area contributed by atoms with Gasteiger partial charge in [-0.3, -0.25) is 9.80 Å². The Balaban J connectivity index is 2.59. The maximum atomic E-state index is 2.65. The summed E-state index contributed by atoms with van der Waals surface area (Å²) in [6, 6.07) is 1.59. The van der Waals surface area contributed by atoms with Crippen molar-refractivity contribution in [3.05, 3.63) is 0 Å². The van der Waals surface area contributed by atoms with Gasteiger partial charge in [0, 0.05) is 25.2 Å². The van der Waals surface area contributed by atoms with E-state index in [9.17, 15) is 0 Å². The molecule has 1 saturated heterocycles. The molecule has 14 heavy (non-hydrogen) atoms.